The third-order valence-corrected chi connectivity index (χ3v) is 3.50. The molecule has 6 nitrogen and oxygen atoms in total. The molecule has 0 spiro atoms. The molecule has 2 rings (SSSR count). The average Bonchev–Trinajstić information content (AvgIpc) is 2.33. The van der Waals surface area contributed by atoms with Crippen LogP contribution in [0, 0.1) is 0 Å². The molecule has 0 aromatic heterocycles. The molecule has 2 aliphatic rings. The van der Waals surface area contributed by atoms with E-state index in [0.717, 1.165) is 38.8 Å². The number of hydroxylamine groups is 2. The van der Waals surface area contributed by atoms with Crippen LogP contribution in [0.4, 0.5) is 4.79 Å². The van der Waals surface area contributed by atoms with Crippen LogP contribution in [0.5, 0.6) is 0 Å². The largest absolute Gasteiger partial charge is 0.428 e. The topological polar surface area (TPSA) is 84.8 Å². The minimum Gasteiger partial charge on any atom is -0.351 e. The zero-order valence-corrected chi connectivity index (χ0v) is 10.2. The van der Waals surface area contributed by atoms with Gasteiger partial charge in [0.15, 0.2) is 0 Å². The fourth-order valence-electron chi connectivity index (χ4n) is 2.22. The van der Waals surface area contributed by atoms with Crippen molar-refractivity contribution in [3.8, 4) is 0 Å². The van der Waals surface area contributed by atoms with Crippen molar-refractivity contribution in [3.63, 3.8) is 0 Å². The molecular weight excluding hydrogens is 220 g/mol. The van der Waals surface area contributed by atoms with Gasteiger partial charge in [-0.2, -0.15) is 0 Å². The summed E-state index contributed by atoms with van der Waals surface area (Å²) in [4.78, 5) is 18.9. The van der Waals surface area contributed by atoms with Crippen molar-refractivity contribution < 1.29 is 9.63 Å². The lowest BCUT2D eigenvalue weighted by Gasteiger charge is -2.33. The molecule has 4 N–H and O–H groups in total. The van der Waals surface area contributed by atoms with Crippen LogP contribution in [0.2, 0.25) is 0 Å². The zero-order valence-electron chi connectivity index (χ0n) is 10.2. The minimum atomic E-state index is -0.243. The highest BCUT2D eigenvalue weighted by Crippen LogP contribution is 2.13. The maximum Gasteiger partial charge on any atom is 0.428 e. The molecule has 2 fully saturated rings. The van der Waals surface area contributed by atoms with Gasteiger partial charge >= 0.3 is 6.09 Å². The highest BCUT2D eigenvalue weighted by atomic mass is 16.7. The van der Waals surface area contributed by atoms with Crippen LogP contribution in [-0.2, 0) is 4.84 Å². The predicted molar refractivity (Wildman–Crippen MR) is 64.0 cm³/mol. The number of rotatable bonds is 1. The Morgan fingerprint density at radius 3 is 1.94 bits per heavy atom. The number of hydrogen-bond acceptors (Lipinski definition) is 5. The van der Waals surface area contributed by atoms with Gasteiger partial charge in [-0.25, -0.2) is 4.79 Å². The SMILES string of the molecule is NC1CCN(OC(=O)N2CCC(N)CC2)CC1. The molecule has 1 amide bonds. The smallest absolute Gasteiger partial charge is 0.351 e. The lowest BCUT2D eigenvalue weighted by Crippen LogP contribution is -2.47. The molecular formula is C11H22N4O2. The Morgan fingerprint density at radius 1 is 0.941 bits per heavy atom. The molecule has 0 aromatic carbocycles. The van der Waals surface area contributed by atoms with E-state index in [0.29, 0.717) is 13.1 Å². The second-order valence-electron chi connectivity index (χ2n) is 4.95. The zero-order chi connectivity index (χ0) is 12.3. The van der Waals surface area contributed by atoms with Crippen molar-refractivity contribution >= 4 is 6.09 Å². The summed E-state index contributed by atoms with van der Waals surface area (Å²) in [5.74, 6) is 0. The molecule has 0 atom stereocenters. The van der Waals surface area contributed by atoms with Gasteiger partial charge in [-0.3, -0.25) is 0 Å². The van der Waals surface area contributed by atoms with Gasteiger partial charge in [0.05, 0.1) is 0 Å². The summed E-state index contributed by atoms with van der Waals surface area (Å²) in [5.41, 5.74) is 11.6. The fraction of sp³-hybridized carbons (Fsp3) is 0.909. The van der Waals surface area contributed by atoms with E-state index in [-0.39, 0.29) is 18.2 Å². The number of nitrogens with zero attached hydrogens (tertiary/aromatic N) is 2. The summed E-state index contributed by atoms with van der Waals surface area (Å²) in [6.07, 6.45) is 3.25. The van der Waals surface area contributed by atoms with Crippen molar-refractivity contribution in [2.45, 2.75) is 37.8 Å². The average molecular weight is 242 g/mol. The van der Waals surface area contributed by atoms with E-state index in [1.807, 2.05) is 0 Å². The number of amides is 1. The van der Waals surface area contributed by atoms with E-state index in [4.69, 9.17) is 16.3 Å². The van der Waals surface area contributed by atoms with Crippen molar-refractivity contribution in [2.75, 3.05) is 26.2 Å². The molecule has 0 aliphatic carbocycles. The summed E-state index contributed by atoms with van der Waals surface area (Å²) in [6, 6.07) is 0.477. The standard InChI is InChI=1S/C11H22N4O2/c12-9-1-5-14(6-2-9)11(16)17-15-7-3-10(13)4-8-15/h9-10H,1-8,12-13H2. The van der Waals surface area contributed by atoms with Gasteiger partial charge in [-0.15, -0.1) is 5.06 Å². The summed E-state index contributed by atoms with van der Waals surface area (Å²) in [7, 11) is 0. The van der Waals surface area contributed by atoms with Crippen LogP contribution in [-0.4, -0.2) is 54.3 Å². The van der Waals surface area contributed by atoms with E-state index >= 15 is 0 Å². The molecule has 2 heterocycles. The van der Waals surface area contributed by atoms with Gasteiger partial charge in [0.1, 0.15) is 0 Å². The molecule has 0 unspecified atom stereocenters. The highest BCUT2D eigenvalue weighted by molar-refractivity contribution is 5.67. The third-order valence-electron chi connectivity index (χ3n) is 3.50. The summed E-state index contributed by atoms with van der Waals surface area (Å²) < 4.78 is 0. The van der Waals surface area contributed by atoms with Gasteiger partial charge in [0.2, 0.25) is 0 Å². The van der Waals surface area contributed by atoms with Crippen molar-refractivity contribution in [1.29, 1.82) is 0 Å². The maximum atomic E-state index is 11.8. The van der Waals surface area contributed by atoms with Crippen molar-refractivity contribution in [1.82, 2.24) is 9.96 Å². The van der Waals surface area contributed by atoms with Crippen molar-refractivity contribution in [3.05, 3.63) is 0 Å². The Kier molecular flexibility index (Phi) is 4.20. The maximum absolute atomic E-state index is 11.8. The quantitative estimate of drug-likeness (QED) is 0.670. The van der Waals surface area contributed by atoms with E-state index < -0.39 is 0 Å². The van der Waals surface area contributed by atoms with Crippen molar-refractivity contribution in [2.24, 2.45) is 11.5 Å². The first-order valence-electron chi connectivity index (χ1n) is 6.38. The van der Waals surface area contributed by atoms with E-state index in [9.17, 15) is 4.79 Å². The number of nitrogens with two attached hydrogens (primary N) is 2. The van der Waals surface area contributed by atoms with E-state index in [2.05, 4.69) is 0 Å². The molecule has 6 heteroatoms. The summed E-state index contributed by atoms with van der Waals surface area (Å²) in [5, 5.41) is 1.72. The molecule has 0 saturated carbocycles. The Hall–Kier alpha value is -0.850. The van der Waals surface area contributed by atoms with Crippen LogP contribution in [0.1, 0.15) is 25.7 Å². The van der Waals surface area contributed by atoms with Gasteiger partial charge < -0.3 is 21.2 Å². The molecule has 0 bridgehead atoms. The van der Waals surface area contributed by atoms with Crippen LogP contribution in [0.25, 0.3) is 0 Å². The molecule has 17 heavy (non-hydrogen) atoms. The molecule has 2 saturated heterocycles. The van der Waals surface area contributed by atoms with Crippen LogP contribution in [0.15, 0.2) is 0 Å². The Morgan fingerprint density at radius 2 is 1.41 bits per heavy atom. The fourth-order valence-corrected chi connectivity index (χ4v) is 2.22. The number of hydrogen-bond donors (Lipinski definition) is 2. The molecule has 2 aliphatic heterocycles. The Balaban J connectivity index is 1.73. The molecule has 98 valence electrons. The highest BCUT2D eigenvalue weighted by Gasteiger charge is 2.25. The summed E-state index contributed by atoms with van der Waals surface area (Å²) >= 11 is 0. The minimum absolute atomic E-state index is 0.229. The second-order valence-corrected chi connectivity index (χ2v) is 4.95. The monoisotopic (exact) mass is 242 g/mol. The number of carbonyl (C=O) groups excluding carboxylic acids is 1. The van der Waals surface area contributed by atoms with Crippen LogP contribution in [0.3, 0.4) is 0 Å². The van der Waals surface area contributed by atoms with Crippen LogP contribution < -0.4 is 11.5 Å². The number of carbonyl (C=O) groups is 1. The normalized spacial score (nSPS) is 24.9. The first-order chi connectivity index (χ1) is 8.15. The van der Waals surface area contributed by atoms with E-state index in [1.165, 1.54) is 0 Å². The number of piperidine rings is 2. The van der Waals surface area contributed by atoms with Gasteiger partial charge in [-0.05, 0) is 25.7 Å². The Bertz CT molecular complexity index is 258. The van der Waals surface area contributed by atoms with Gasteiger partial charge in [0.25, 0.3) is 0 Å². The van der Waals surface area contributed by atoms with Gasteiger partial charge in [0, 0.05) is 38.3 Å². The molecule has 0 radical (unpaired) electrons. The lowest BCUT2D eigenvalue weighted by molar-refractivity contribution is -0.125. The first kappa shape index (κ1) is 12.6. The van der Waals surface area contributed by atoms with Gasteiger partial charge in [-0.1, -0.05) is 0 Å². The second kappa shape index (κ2) is 5.66. The van der Waals surface area contributed by atoms with Crippen LogP contribution >= 0.6 is 0 Å². The lowest BCUT2D eigenvalue weighted by atomic mass is 10.1. The first-order valence-corrected chi connectivity index (χ1v) is 6.38. The Labute approximate surface area is 102 Å². The number of likely N-dealkylation sites (tertiary alicyclic amines) is 1. The third kappa shape index (κ3) is 3.55. The molecule has 0 aromatic rings. The predicted octanol–water partition coefficient (Wildman–Crippen LogP) is -0.116. The van der Waals surface area contributed by atoms with E-state index in [1.54, 1.807) is 9.96 Å². The summed E-state index contributed by atoms with van der Waals surface area (Å²) in [6.45, 7) is 2.88.